The van der Waals surface area contributed by atoms with Crippen molar-refractivity contribution in [2.24, 2.45) is 0 Å². The van der Waals surface area contributed by atoms with Gasteiger partial charge in [-0.15, -0.1) is 0 Å². The van der Waals surface area contributed by atoms with Gasteiger partial charge in [0.2, 0.25) is 0 Å². The Labute approximate surface area is 167 Å². The predicted octanol–water partition coefficient (Wildman–Crippen LogP) is 1.16. The number of aliphatic hydroxyl groups excluding tert-OH is 2. The molecule has 0 aliphatic carbocycles. The van der Waals surface area contributed by atoms with Crippen LogP contribution in [0, 0.1) is 0 Å². The van der Waals surface area contributed by atoms with Gasteiger partial charge < -0.3 is 29.2 Å². The highest BCUT2D eigenvalue weighted by Gasteiger charge is 2.38. The second-order valence-electron chi connectivity index (χ2n) is 6.44. The summed E-state index contributed by atoms with van der Waals surface area (Å²) in [6, 6.07) is 16.7. The van der Waals surface area contributed by atoms with E-state index >= 15 is 0 Å². The van der Waals surface area contributed by atoms with E-state index in [-0.39, 0.29) is 20.0 Å². The van der Waals surface area contributed by atoms with Crippen LogP contribution >= 0.6 is 0 Å². The van der Waals surface area contributed by atoms with Crippen LogP contribution in [0.5, 0.6) is 0 Å². The first-order valence-corrected chi connectivity index (χ1v) is 9.10. The van der Waals surface area contributed by atoms with Crippen LogP contribution in [0.15, 0.2) is 60.7 Å². The van der Waals surface area contributed by atoms with Crippen LogP contribution in [0.2, 0.25) is 0 Å². The number of rotatable bonds is 6. The number of benzene rings is 2. The lowest BCUT2D eigenvalue weighted by molar-refractivity contribution is -0.125. The largest absolute Gasteiger partial charge is 0.459 e. The van der Waals surface area contributed by atoms with Gasteiger partial charge in [-0.1, -0.05) is 36.4 Å². The Morgan fingerprint density at radius 1 is 0.759 bits per heavy atom. The summed E-state index contributed by atoms with van der Waals surface area (Å²) in [6.07, 6.45) is -4.79. The zero-order valence-electron chi connectivity index (χ0n) is 15.5. The Hall–Kier alpha value is -2.78. The molecule has 1 aliphatic rings. The van der Waals surface area contributed by atoms with E-state index in [1.807, 2.05) is 0 Å². The molecule has 4 atom stereocenters. The number of hydrogen-bond acceptors (Lipinski definition) is 8. The second kappa shape index (κ2) is 10.1. The molecule has 0 bridgehead atoms. The molecule has 0 radical (unpaired) electrons. The molecule has 0 aromatic heterocycles. The number of carbonyl (C=O) groups is 2. The predicted molar refractivity (Wildman–Crippen MR) is 100 cm³/mol. The Morgan fingerprint density at radius 2 is 1.14 bits per heavy atom. The quantitative estimate of drug-likeness (QED) is 0.693. The molecule has 154 valence electrons. The van der Waals surface area contributed by atoms with Crippen LogP contribution in [-0.2, 0) is 18.9 Å². The van der Waals surface area contributed by atoms with Gasteiger partial charge in [0.15, 0.2) is 0 Å². The van der Waals surface area contributed by atoms with Crippen molar-refractivity contribution in [1.29, 1.82) is 0 Å². The minimum Gasteiger partial charge on any atom is -0.459 e. The van der Waals surface area contributed by atoms with Crippen LogP contribution in [0.3, 0.4) is 0 Å². The Balaban J connectivity index is 1.52. The van der Waals surface area contributed by atoms with Gasteiger partial charge >= 0.3 is 11.9 Å². The van der Waals surface area contributed by atoms with Crippen molar-refractivity contribution in [3.8, 4) is 0 Å². The van der Waals surface area contributed by atoms with Gasteiger partial charge in [0.05, 0.1) is 11.1 Å². The molecule has 0 unspecified atom stereocenters. The number of ether oxygens (including phenoxy) is 4. The average molecular weight is 402 g/mol. The molecule has 2 N–H and O–H groups in total. The molecule has 8 nitrogen and oxygen atoms in total. The molecule has 1 fully saturated rings. The molecular weight excluding hydrogens is 380 g/mol. The van der Waals surface area contributed by atoms with Crippen LogP contribution in [0.4, 0.5) is 0 Å². The normalized spacial score (nSPS) is 24.3. The van der Waals surface area contributed by atoms with Crippen molar-refractivity contribution in [1.82, 2.24) is 0 Å². The molecule has 1 aliphatic heterocycles. The number of esters is 2. The van der Waals surface area contributed by atoms with E-state index in [0.29, 0.717) is 11.1 Å². The summed E-state index contributed by atoms with van der Waals surface area (Å²) >= 11 is 0. The lowest BCUT2D eigenvalue weighted by Crippen LogP contribution is -2.46. The lowest BCUT2D eigenvalue weighted by Gasteiger charge is -2.25. The van der Waals surface area contributed by atoms with Gasteiger partial charge in [0, 0.05) is 0 Å². The van der Waals surface area contributed by atoms with Gasteiger partial charge in [-0.25, -0.2) is 9.59 Å². The number of aliphatic hydroxyl groups is 2. The van der Waals surface area contributed by atoms with Crippen molar-refractivity contribution in [2.75, 3.05) is 20.0 Å². The summed E-state index contributed by atoms with van der Waals surface area (Å²) in [5, 5.41) is 20.7. The summed E-state index contributed by atoms with van der Waals surface area (Å²) in [7, 11) is 0. The molecule has 3 rings (SSSR count). The number of hydrogen-bond donors (Lipinski definition) is 2. The fraction of sp³-hybridized carbons (Fsp3) is 0.333. The van der Waals surface area contributed by atoms with E-state index in [2.05, 4.69) is 0 Å². The standard InChI is InChI=1S/C21H22O8/c22-18-16(11-26-20(24)14-7-3-1-4-8-14)28-13-29-17(19(18)23)12-27-21(25)15-9-5-2-6-10-15/h1-10,16-19,22-23H,11-13H2/t16-,17-,18-,19-/m1/s1. The Kier molecular flexibility index (Phi) is 7.31. The molecule has 0 spiro atoms. The first-order valence-electron chi connectivity index (χ1n) is 9.10. The summed E-state index contributed by atoms with van der Waals surface area (Å²) < 4.78 is 21.0. The van der Waals surface area contributed by atoms with Gasteiger partial charge in [-0.05, 0) is 24.3 Å². The highest BCUT2D eigenvalue weighted by Crippen LogP contribution is 2.17. The third-order valence-corrected chi connectivity index (χ3v) is 4.45. The van der Waals surface area contributed by atoms with Crippen LogP contribution in [0.25, 0.3) is 0 Å². The van der Waals surface area contributed by atoms with Crippen LogP contribution < -0.4 is 0 Å². The van der Waals surface area contributed by atoms with Crippen molar-refractivity contribution < 1.29 is 38.7 Å². The van der Waals surface area contributed by atoms with Gasteiger partial charge in [-0.2, -0.15) is 0 Å². The molecule has 0 saturated carbocycles. The maximum absolute atomic E-state index is 12.0. The van der Waals surface area contributed by atoms with Crippen molar-refractivity contribution in [2.45, 2.75) is 24.4 Å². The molecule has 2 aromatic rings. The monoisotopic (exact) mass is 402 g/mol. The maximum Gasteiger partial charge on any atom is 0.338 e. The highest BCUT2D eigenvalue weighted by molar-refractivity contribution is 5.89. The summed E-state index contributed by atoms with van der Waals surface area (Å²) in [5.74, 6) is -1.15. The summed E-state index contributed by atoms with van der Waals surface area (Å²) in [6.45, 7) is -0.813. The van der Waals surface area contributed by atoms with Crippen LogP contribution in [-0.4, -0.2) is 66.6 Å². The first-order chi connectivity index (χ1) is 14.1. The molecule has 2 aromatic carbocycles. The highest BCUT2D eigenvalue weighted by atomic mass is 16.7. The maximum atomic E-state index is 12.0. The third-order valence-electron chi connectivity index (χ3n) is 4.45. The molecular formula is C21H22O8. The zero-order valence-corrected chi connectivity index (χ0v) is 15.5. The van der Waals surface area contributed by atoms with E-state index in [0.717, 1.165) is 0 Å². The summed E-state index contributed by atoms with van der Waals surface area (Å²) in [4.78, 5) is 24.1. The van der Waals surface area contributed by atoms with Gasteiger partial charge in [0.1, 0.15) is 44.4 Å². The van der Waals surface area contributed by atoms with Gasteiger partial charge in [0.25, 0.3) is 0 Å². The van der Waals surface area contributed by atoms with E-state index in [1.165, 1.54) is 0 Å². The smallest absolute Gasteiger partial charge is 0.338 e. The minimum absolute atomic E-state index is 0.269. The van der Waals surface area contributed by atoms with Crippen molar-refractivity contribution >= 4 is 11.9 Å². The van der Waals surface area contributed by atoms with E-state index < -0.39 is 36.4 Å². The Bertz CT molecular complexity index is 727. The SMILES string of the molecule is O=C(OC[C@H]1OCO[C@H](COC(=O)c2ccccc2)[C@@H](O)[C@@H]1O)c1ccccc1. The topological polar surface area (TPSA) is 112 Å². The average Bonchev–Trinajstić information content (AvgIpc) is 2.90. The molecule has 1 heterocycles. The third kappa shape index (κ3) is 5.61. The lowest BCUT2D eigenvalue weighted by atomic mass is 10.0. The van der Waals surface area contributed by atoms with E-state index in [4.69, 9.17) is 18.9 Å². The molecule has 8 heteroatoms. The molecule has 0 amide bonds. The first kappa shape index (κ1) is 20.9. The van der Waals surface area contributed by atoms with Crippen molar-refractivity contribution in [3.63, 3.8) is 0 Å². The zero-order chi connectivity index (χ0) is 20.6. The van der Waals surface area contributed by atoms with E-state index in [9.17, 15) is 19.8 Å². The Morgan fingerprint density at radius 3 is 1.52 bits per heavy atom. The minimum atomic E-state index is -1.40. The second-order valence-corrected chi connectivity index (χ2v) is 6.44. The fourth-order valence-corrected chi connectivity index (χ4v) is 2.78. The molecule has 1 saturated heterocycles. The fourth-order valence-electron chi connectivity index (χ4n) is 2.78. The van der Waals surface area contributed by atoms with Gasteiger partial charge in [-0.3, -0.25) is 0 Å². The van der Waals surface area contributed by atoms with E-state index in [1.54, 1.807) is 60.7 Å². The van der Waals surface area contributed by atoms with Crippen LogP contribution in [0.1, 0.15) is 20.7 Å². The molecule has 29 heavy (non-hydrogen) atoms. The summed E-state index contributed by atoms with van der Waals surface area (Å²) in [5.41, 5.74) is 0.719. The number of carbonyl (C=O) groups excluding carboxylic acids is 2. The van der Waals surface area contributed by atoms with Crippen molar-refractivity contribution in [3.05, 3.63) is 71.8 Å².